The van der Waals surface area contributed by atoms with E-state index in [1.54, 1.807) is 6.20 Å². The zero-order valence-electron chi connectivity index (χ0n) is 10.4. The molecule has 2 saturated heterocycles. The molecule has 1 amide bonds. The van der Waals surface area contributed by atoms with E-state index in [9.17, 15) is 4.79 Å². The molecule has 3 rings (SSSR count). The van der Waals surface area contributed by atoms with Gasteiger partial charge >= 0.3 is 0 Å². The summed E-state index contributed by atoms with van der Waals surface area (Å²) in [6.07, 6.45) is 4.94. The maximum atomic E-state index is 12.1. The fraction of sp³-hybridized carbons (Fsp3) is 0.667. The van der Waals surface area contributed by atoms with Gasteiger partial charge in [-0.2, -0.15) is 5.10 Å². The van der Waals surface area contributed by atoms with Crippen LogP contribution in [0.1, 0.15) is 25.3 Å². The molecule has 0 saturated carbocycles. The van der Waals surface area contributed by atoms with E-state index in [4.69, 9.17) is 0 Å². The van der Waals surface area contributed by atoms with Gasteiger partial charge in [0, 0.05) is 19.2 Å². The van der Waals surface area contributed by atoms with Crippen LogP contribution < -0.4 is 16.0 Å². The van der Waals surface area contributed by atoms with Crippen LogP contribution in [0.25, 0.3) is 0 Å². The molecule has 0 spiro atoms. The number of piperidine rings is 1. The molecule has 6 nitrogen and oxygen atoms in total. The highest BCUT2D eigenvalue weighted by Crippen LogP contribution is 2.18. The first kappa shape index (κ1) is 11.7. The number of anilines is 1. The molecule has 0 bridgehead atoms. The molecule has 6 heteroatoms. The summed E-state index contributed by atoms with van der Waals surface area (Å²) in [4.78, 5) is 12.1. The minimum Gasteiger partial charge on any atom is -0.312 e. The van der Waals surface area contributed by atoms with E-state index < -0.39 is 0 Å². The number of nitrogens with one attached hydrogen (secondary N) is 3. The molecular formula is C12H19N5O. The van der Waals surface area contributed by atoms with Gasteiger partial charge in [-0.05, 0) is 19.4 Å². The van der Waals surface area contributed by atoms with Gasteiger partial charge in [0.05, 0.1) is 18.3 Å². The van der Waals surface area contributed by atoms with Crippen molar-refractivity contribution in [2.75, 3.05) is 25.0 Å². The molecule has 98 valence electrons. The topological polar surface area (TPSA) is 71.0 Å². The highest BCUT2D eigenvalue weighted by atomic mass is 16.2. The average Bonchev–Trinajstić information content (AvgIpc) is 2.76. The second kappa shape index (κ2) is 5.07. The number of nitrogens with zero attached hydrogens (tertiary/aromatic N) is 2. The zero-order valence-corrected chi connectivity index (χ0v) is 10.4. The summed E-state index contributed by atoms with van der Waals surface area (Å²) in [5, 5.41) is 13.7. The highest BCUT2D eigenvalue weighted by molar-refractivity contribution is 5.94. The number of hydrogen-bond donors (Lipinski definition) is 3. The minimum absolute atomic E-state index is 0.0541. The summed E-state index contributed by atoms with van der Waals surface area (Å²) in [5.74, 6) is 0.864. The Morgan fingerprint density at radius 1 is 1.44 bits per heavy atom. The van der Waals surface area contributed by atoms with E-state index in [2.05, 4.69) is 21.0 Å². The molecule has 18 heavy (non-hydrogen) atoms. The molecule has 0 aliphatic carbocycles. The van der Waals surface area contributed by atoms with E-state index >= 15 is 0 Å². The largest absolute Gasteiger partial charge is 0.312 e. The van der Waals surface area contributed by atoms with Crippen LogP contribution in [0, 0.1) is 0 Å². The second-order valence-corrected chi connectivity index (χ2v) is 4.96. The summed E-state index contributed by atoms with van der Waals surface area (Å²) in [6, 6.07) is 2.18. The number of carbonyl (C=O) groups is 1. The summed E-state index contributed by atoms with van der Waals surface area (Å²) < 4.78 is 1.90. The molecular weight excluding hydrogens is 230 g/mol. The van der Waals surface area contributed by atoms with E-state index in [1.807, 2.05) is 10.7 Å². The van der Waals surface area contributed by atoms with E-state index in [1.165, 1.54) is 0 Å². The van der Waals surface area contributed by atoms with Crippen molar-refractivity contribution in [3.8, 4) is 0 Å². The fourth-order valence-corrected chi connectivity index (χ4v) is 2.44. The lowest BCUT2D eigenvalue weighted by Gasteiger charge is -2.29. The molecule has 0 aromatic carbocycles. The first-order valence-electron chi connectivity index (χ1n) is 6.63. The Kier molecular flexibility index (Phi) is 3.29. The van der Waals surface area contributed by atoms with Gasteiger partial charge in [-0.3, -0.25) is 4.79 Å². The number of aromatic nitrogens is 2. The molecule has 0 unspecified atom stereocenters. The summed E-state index contributed by atoms with van der Waals surface area (Å²) >= 11 is 0. The second-order valence-electron chi connectivity index (χ2n) is 4.96. The molecule has 1 atom stereocenters. The van der Waals surface area contributed by atoms with Crippen LogP contribution in [0.3, 0.4) is 0 Å². The number of carbonyl (C=O) groups excluding carboxylic acids is 1. The summed E-state index contributed by atoms with van der Waals surface area (Å²) in [5.41, 5.74) is 0. The van der Waals surface area contributed by atoms with Gasteiger partial charge < -0.3 is 16.0 Å². The van der Waals surface area contributed by atoms with Crippen molar-refractivity contribution in [1.82, 2.24) is 20.4 Å². The molecule has 1 aromatic heterocycles. The maximum absolute atomic E-state index is 12.1. The summed E-state index contributed by atoms with van der Waals surface area (Å²) in [7, 11) is 0. The van der Waals surface area contributed by atoms with Gasteiger partial charge in [-0.25, -0.2) is 4.68 Å². The fourth-order valence-electron chi connectivity index (χ4n) is 2.44. The van der Waals surface area contributed by atoms with Crippen molar-refractivity contribution in [1.29, 1.82) is 0 Å². The van der Waals surface area contributed by atoms with Crippen LogP contribution in [-0.4, -0.2) is 41.4 Å². The Labute approximate surface area is 106 Å². The standard InChI is InChI=1S/C12H19N5O/c18-12(10-3-1-2-5-14-10)16-11-4-6-15-17(11)9-7-13-8-9/h4,6,9-10,13-14H,1-3,5,7-8H2,(H,16,18)/t10-/m0/s1. The van der Waals surface area contributed by atoms with Crippen molar-refractivity contribution >= 4 is 11.7 Å². The zero-order chi connectivity index (χ0) is 12.4. The average molecular weight is 249 g/mol. The van der Waals surface area contributed by atoms with Crippen LogP contribution in [0.4, 0.5) is 5.82 Å². The Hall–Kier alpha value is -1.40. The third-order valence-electron chi connectivity index (χ3n) is 3.65. The normalized spacial score (nSPS) is 24.6. The van der Waals surface area contributed by atoms with Gasteiger partial charge in [-0.1, -0.05) is 6.42 Å². The van der Waals surface area contributed by atoms with Crippen molar-refractivity contribution < 1.29 is 4.79 Å². The van der Waals surface area contributed by atoms with E-state index in [0.717, 1.165) is 44.7 Å². The molecule has 2 aliphatic heterocycles. The van der Waals surface area contributed by atoms with Crippen molar-refractivity contribution in [2.24, 2.45) is 0 Å². The molecule has 1 aromatic rings. The monoisotopic (exact) mass is 249 g/mol. The van der Waals surface area contributed by atoms with Crippen LogP contribution in [0.2, 0.25) is 0 Å². The van der Waals surface area contributed by atoms with Crippen LogP contribution >= 0.6 is 0 Å². The smallest absolute Gasteiger partial charge is 0.242 e. The molecule has 2 fully saturated rings. The van der Waals surface area contributed by atoms with Gasteiger partial charge in [0.15, 0.2) is 0 Å². The van der Waals surface area contributed by atoms with E-state index in [-0.39, 0.29) is 11.9 Å². The first-order valence-corrected chi connectivity index (χ1v) is 6.63. The Bertz CT molecular complexity index is 420. The van der Waals surface area contributed by atoms with Crippen molar-refractivity contribution in [3.05, 3.63) is 12.3 Å². The van der Waals surface area contributed by atoms with Gasteiger partial charge in [0.25, 0.3) is 0 Å². The predicted octanol–water partition coefficient (Wildman–Crippen LogP) is 0.108. The first-order chi connectivity index (χ1) is 8.84. The Morgan fingerprint density at radius 2 is 2.33 bits per heavy atom. The molecule has 0 radical (unpaired) electrons. The SMILES string of the molecule is O=C(Nc1ccnn1C1CNC1)[C@@H]1CCCCN1. The molecule has 2 aliphatic rings. The summed E-state index contributed by atoms with van der Waals surface area (Å²) in [6.45, 7) is 2.78. The third-order valence-corrected chi connectivity index (χ3v) is 3.65. The van der Waals surface area contributed by atoms with Gasteiger partial charge in [-0.15, -0.1) is 0 Å². The molecule has 3 N–H and O–H groups in total. The van der Waals surface area contributed by atoms with Gasteiger partial charge in [0.2, 0.25) is 5.91 Å². The number of rotatable bonds is 3. The molecule has 3 heterocycles. The Balaban J connectivity index is 1.64. The van der Waals surface area contributed by atoms with Crippen molar-refractivity contribution in [2.45, 2.75) is 31.3 Å². The minimum atomic E-state index is -0.0541. The lowest BCUT2D eigenvalue weighted by molar-refractivity contribution is -0.118. The lowest BCUT2D eigenvalue weighted by Crippen LogP contribution is -2.46. The third kappa shape index (κ3) is 2.26. The number of hydrogen-bond acceptors (Lipinski definition) is 4. The van der Waals surface area contributed by atoms with Gasteiger partial charge in [0.1, 0.15) is 5.82 Å². The number of amides is 1. The van der Waals surface area contributed by atoms with Crippen LogP contribution in [0.5, 0.6) is 0 Å². The van der Waals surface area contributed by atoms with Crippen molar-refractivity contribution in [3.63, 3.8) is 0 Å². The highest BCUT2D eigenvalue weighted by Gasteiger charge is 2.25. The van der Waals surface area contributed by atoms with Crippen LogP contribution in [-0.2, 0) is 4.79 Å². The van der Waals surface area contributed by atoms with Crippen LogP contribution in [0.15, 0.2) is 12.3 Å². The predicted molar refractivity (Wildman–Crippen MR) is 68.4 cm³/mol. The maximum Gasteiger partial charge on any atom is 0.242 e. The quantitative estimate of drug-likeness (QED) is 0.711. The Morgan fingerprint density at radius 3 is 3.00 bits per heavy atom. The lowest BCUT2D eigenvalue weighted by atomic mass is 10.0. The van der Waals surface area contributed by atoms with E-state index in [0.29, 0.717) is 6.04 Å².